The van der Waals surface area contributed by atoms with Crippen LogP contribution in [0.4, 0.5) is 0 Å². The van der Waals surface area contributed by atoms with Crippen LogP contribution in [0.1, 0.15) is 149 Å². The highest BCUT2D eigenvalue weighted by Gasteiger charge is 1.92. The second-order valence-electron chi connectivity index (χ2n) is 8.16. The van der Waals surface area contributed by atoms with E-state index in [1.54, 1.807) is 0 Å². The lowest BCUT2D eigenvalue weighted by Crippen LogP contribution is -1.83. The first-order valence-electron chi connectivity index (χ1n) is 12.5. The molecule has 0 aliphatic heterocycles. The molecule has 0 rings (SSSR count). The lowest BCUT2D eigenvalue weighted by molar-refractivity contribution is 0.282. The molecule has 1 heteroatoms. The Labute approximate surface area is 173 Å². The molecule has 0 bridgehead atoms. The van der Waals surface area contributed by atoms with Crippen LogP contribution in [0.25, 0.3) is 0 Å². The van der Waals surface area contributed by atoms with Crippen molar-refractivity contribution in [2.24, 2.45) is 0 Å². The van der Waals surface area contributed by atoms with Crippen molar-refractivity contribution in [3.63, 3.8) is 0 Å². The predicted molar refractivity (Wildman–Crippen MR) is 126 cm³/mol. The summed E-state index contributed by atoms with van der Waals surface area (Å²) in [5, 5.41) is 8.51. The van der Waals surface area contributed by atoms with Gasteiger partial charge in [0.1, 0.15) is 0 Å². The zero-order valence-electron chi connectivity index (χ0n) is 19.3. The molecule has 0 aromatic rings. The maximum atomic E-state index is 8.51. The van der Waals surface area contributed by atoms with Crippen molar-refractivity contribution in [2.75, 3.05) is 6.61 Å². The first-order valence-corrected chi connectivity index (χ1v) is 12.5. The molecule has 0 aliphatic carbocycles. The van der Waals surface area contributed by atoms with E-state index < -0.39 is 0 Å². The van der Waals surface area contributed by atoms with Crippen molar-refractivity contribution < 1.29 is 5.11 Å². The van der Waals surface area contributed by atoms with Gasteiger partial charge in [0.15, 0.2) is 0 Å². The topological polar surface area (TPSA) is 20.2 Å². The third kappa shape index (κ3) is 33.7. The van der Waals surface area contributed by atoms with Gasteiger partial charge in [0.2, 0.25) is 0 Å². The SMILES string of the molecule is C=CCCCCCCCCCCCCCC.CCCCCCCCCCO. The second kappa shape index (κ2) is 30.4. The number of hydrogen-bond donors (Lipinski definition) is 1. The summed E-state index contributed by atoms with van der Waals surface area (Å²) < 4.78 is 0. The van der Waals surface area contributed by atoms with Gasteiger partial charge < -0.3 is 5.11 Å². The molecule has 0 unspecified atom stereocenters. The van der Waals surface area contributed by atoms with Gasteiger partial charge in [0.25, 0.3) is 0 Å². The third-order valence-corrected chi connectivity index (χ3v) is 5.27. The molecule has 0 saturated carbocycles. The molecule has 164 valence electrons. The van der Waals surface area contributed by atoms with Crippen LogP contribution in [-0.4, -0.2) is 11.7 Å². The Morgan fingerprint density at radius 1 is 0.481 bits per heavy atom. The standard InChI is InChI=1S/C16H32.C10H22O/c1-3-5-7-9-11-13-15-16-14-12-10-8-6-4-2;1-2-3-4-5-6-7-8-9-10-11/h3H,1,4-16H2,2H3;11H,2-10H2,1H3. The molecule has 1 N–H and O–H groups in total. The Morgan fingerprint density at radius 2 is 0.778 bits per heavy atom. The largest absolute Gasteiger partial charge is 0.396 e. The molecule has 0 radical (unpaired) electrons. The molecule has 0 heterocycles. The van der Waals surface area contributed by atoms with E-state index in [1.807, 2.05) is 6.08 Å². The Kier molecular flexibility index (Phi) is 32.6. The van der Waals surface area contributed by atoms with Gasteiger partial charge in [-0.2, -0.15) is 0 Å². The number of hydrogen-bond acceptors (Lipinski definition) is 1. The maximum absolute atomic E-state index is 8.51. The van der Waals surface area contributed by atoms with E-state index in [2.05, 4.69) is 20.4 Å². The van der Waals surface area contributed by atoms with Crippen molar-refractivity contribution in [1.29, 1.82) is 0 Å². The molecule has 0 spiro atoms. The Balaban J connectivity index is 0. The number of unbranched alkanes of at least 4 members (excludes halogenated alkanes) is 19. The minimum Gasteiger partial charge on any atom is -0.396 e. The van der Waals surface area contributed by atoms with E-state index >= 15 is 0 Å². The van der Waals surface area contributed by atoms with Crippen LogP contribution < -0.4 is 0 Å². The molecule has 0 amide bonds. The normalized spacial score (nSPS) is 10.5. The minimum atomic E-state index is 0.370. The number of rotatable bonds is 21. The van der Waals surface area contributed by atoms with Gasteiger partial charge in [-0.25, -0.2) is 0 Å². The van der Waals surface area contributed by atoms with Gasteiger partial charge in [0.05, 0.1) is 0 Å². The molecule has 0 atom stereocenters. The molecule has 0 fully saturated rings. The van der Waals surface area contributed by atoms with Crippen LogP contribution in [0.15, 0.2) is 12.7 Å². The number of aliphatic hydroxyl groups is 1. The summed E-state index contributed by atoms with van der Waals surface area (Å²) in [5.41, 5.74) is 0. The van der Waals surface area contributed by atoms with Gasteiger partial charge >= 0.3 is 0 Å². The molecular weight excluding hydrogens is 328 g/mol. The summed E-state index contributed by atoms with van der Waals surface area (Å²) >= 11 is 0. The molecule has 0 aromatic heterocycles. The van der Waals surface area contributed by atoms with Crippen LogP contribution in [0.3, 0.4) is 0 Å². The quantitative estimate of drug-likeness (QED) is 0.155. The summed E-state index contributed by atoms with van der Waals surface area (Å²) in [7, 11) is 0. The fraction of sp³-hybridized carbons (Fsp3) is 0.923. The summed E-state index contributed by atoms with van der Waals surface area (Å²) in [6, 6.07) is 0. The fourth-order valence-electron chi connectivity index (χ4n) is 3.38. The molecule has 0 saturated heterocycles. The van der Waals surface area contributed by atoms with Gasteiger partial charge in [-0.15, -0.1) is 6.58 Å². The van der Waals surface area contributed by atoms with Crippen molar-refractivity contribution in [3.8, 4) is 0 Å². The highest BCUT2D eigenvalue weighted by Crippen LogP contribution is 2.12. The first-order chi connectivity index (χ1) is 13.3. The van der Waals surface area contributed by atoms with E-state index in [9.17, 15) is 0 Å². The number of allylic oxidation sites excluding steroid dienone is 1. The van der Waals surface area contributed by atoms with Crippen LogP contribution in [0.2, 0.25) is 0 Å². The zero-order valence-corrected chi connectivity index (χ0v) is 19.3. The van der Waals surface area contributed by atoms with Crippen molar-refractivity contribution in [3.05, 3.63) is 12.7 Å². The lowest BCUT2D eigenvalue weighted by atomic mass is 10.0. The monoisotopic (exact) mass is 382 g/mol. The van der Waals surface area contributed by atoms with Gasteiger partial charge in [-0.3, -0.25) is 0 Å². The Morgan fingerprint density at radius 3 is 1.07 bits per heavy atom. The summed E-state index contributed by atoms with van der Waals surface area (Å²) in [6.07, 6.45) is 30.8. The van der Waals surface area contributed by atoms with Gasteiger partial charge in [0, 0.05) is 6.61 Å². The smallest absolute Gasteiger partial charge is 0.0431 e. The van der Waals surface area contributed by atoms with Crippen molar-refractivity contribution in [2.45, 2.75) is 149 Å². The van der Waals surface area contributed by atoms with Crippen LogP contribution >= 0.6 is 0 Å². The maximum Gasteiger partial charge on any atom is 0.0431 e. The second-order valence-corrected chi connectivity index (χ2v) is 8.16. The highest BCUT2D eigenvalue weighted by molar-refractivity contribution is 4.65. The zero-order chi connectivity index (χ0) is 20.3. The van der Waals surface area contributed by atoms with Crippen LogP contribution in [0.5, 0.6) is 0 Å². The Hall–Kier alpha value is -0.300. The van der Waals surface area contributed by atoms with E-state index in [0.29, 0.717) is 6.61 Å². The van der Waals surface area contributed by atoms with Gasteiger partial charge in [-0.05, 0) is 19.3 Å². The molecular formula is C26H54O. The highest BCUT2D eigenvalue weighted by atomic mass is 16.2. The van der Waals surface area contributed by atoms with E-state index in [0.717, 1.165) is 6.42 Å². The van der Waals surface area contributed by atoms with Crippen molar-refractivity contribution in [1.82, 2.24) is 0 Å². The van der Waals surface area contributed by atoms with Crippen LogP contribution in [-0.2, 0) is 0 Å². The third-order valence-electron chi connectivity index (χ3n) is 5.27. The fourth-order valence-corrected chi connectivity index (χ4v) is 3.38. The summed E-state index contributed by atoms with van der Waals surface area (Å²) in [6.45, 7) is 8.65. The van der Waals surface area contributed by atoms with Crippen LogP contribution in [0, 0.1) is 0 Å². The lowest BCUT2D eigenvalue weighted by Gasteiger charge is -2.02. The molecule has 1 nitrogen and oxygen atoms in total. The molecule has 0 aliphatic rings. The summed E-state index contributed by atoms with van der Waals surface area (Å²) in [4.78, 5) is 0. The minimum absolute atomic E-state index is 0.370. The number of aliphatic hydroxyl groups excluding tert-OH is 1. The molecule has 0 aromatic carbocycles. The molecule has 27 heavy (non-hydrogen) atoms. The van der Waals surface area contributed by atoms with E-state index in [1.165, 1.54) is 128 Å². The van der Waals surface area contributed by atoms with Gasteiger partial charge in [-0.1, -0.05) is 135 Å². The first kappa shape index (κ1) is 28.9. The predicted octanol–water partition coefficient (Wildman–Crippen LogP) is 9.38. The Bertz CT molecular complexity index is 228. The summed E-state index contributed by atoms with van der Waals surface area (Å²) in [5.74, 6) is 0. The average Bonchev–Trinajstić information content (AvgIpc) is 2.69. The van der Waals surface area contributed by atoms with E-state index in [-0.39, 0.29) is 0 Å². The average molecular weight is 383 g/mol. The van der Waals surface area contributed by atoms with E-state index in [4.69, 9.17) is 5.11 Å². The van der Waals surface area contributed by atoms with Crippen molar-refractivity contribution >= 4 is 0 Å².